The molecule has 1 aromatic carbocycles. The highest BCUT2D eigenvalue weighted by molar-refractivity contribution is 7.92. The molecule has 0 fully saturated rings. The van der Waals surface area contributed by atoms with Crippen LogP contribution in [0.25, 0.3) is 0 Å². The minimum absolute atomic E-state index is 0.0369. The molecule has 0 aromatic heterocycles. The van der Waals surface area contributed by atoms with Gasteiger partial charge in [0.15, 0.2) is 9.84 Å². The second-order valence-corrected chi connectivity index (χ2v) is 6.80. The minimum atomic E-state index is -3.44. The number of hydrogen-bond donors (Lipinski definition) is 1. The van der Waals surface area contributed by atoms with Gasteiger partial charge in [-0.1, -0.05) is 6.07 Å². The number of aromatic carboxylic acids is 1. The number of carboxylic acid groups (broad SMARTS) is 1. The molecule has 1 aromatic rings. The number of sulfone groups is 1. The summed E-state index contributed by atoms with van der Waals surface area (Å²) in [4.78, 5) is 11.1. The lowest BCUT2D eigenvalue weighted by Crippen LogP contribution is -2.16. The number of carboxylic acids is 1. The van der Waals surface area contributed by atoms with Crippen LogP contribution >= 0.6 is 0 Å². The van der Waals surface area contributed by atoms with Crippen LogP contribution in [0.3, 0.4) is 0 Å². The second-order valence-electron chi connectivity index (χ2n) is 4.33. The SMILES string of the molecule is Cc1cc(C)c(S(=O)(=O)C(C)C)cc1C(=O)O. The Hall–Kier alpha value is -1.36. The largest absolute Gasteiger partial charge is 0.478 e. The van der Waals surface area contributed by atoms with E-state index in [2.05, 4.69) is 0 Å². The molecule has 0 aliphatic carbocycles. The number of hydrogen-bond acceptors (Lipinski definition) is 3. The van der Waals surface area contributed by atoms with Gasteiger partial charge in [0.25, 0.3) is 0 Å². The second kappa shape index (κ2) is 4.49. The van der Waals surface area contributed by atoms with Gasteiger partial charge in [0.05, 0.1) is 15.7 Å². The number of rotatable bonds is 3. The van der Waals surface area contributed by atoms with Gasteiger partial charge in [-0.2, -0.15) is 0 Å². The number of benzene rings is 1. The van der Waals surface area contributed by atoms with Crippen LogP contribution in [0, 0.1) is 13.8 Å². The van der Waals surface area contributed by atoms with Crippen LogP contribution in [0.1, 0.15) is 35.3 Å². The lowest BCUT2D eigenvalue weighted by molar-refractivity contribution is 0.0696. The fourth-order valence-corrected chi connectivity index (χ4v) is 2.92. The standard InChI is InChI=1S/C12H16O4S/c1-7(2)17(15,16)11-6-10(12(13)14)8(3)5-9(11)4/h5-7H,1-4H3,(H,13,14). The Morgan fingerprint density at radius 2 is 1.71 bits per heavy atom. The summed E-state index contributed by atoms with van der Waals surface area (Å²) < 4.78 is 24.1. The molecule has 1 N–H and O–H groups in total. The van der Waals surface area contributed by atoms with E-state index < -0.39 is 21.1 Å². The van der Waals surface area contributed by atoms with Crippen molar-refractivity contribution >= 4 is 15.8 Å². The van der Waals surface area contributed by atoms with Gasteiger partial charge in [-0.3, -0.25) is 0 Å². The summed E-state index contributed by atoms with van der Waals surface area (Å²) in [5, 5.41) is 8.43. The third kappa shape index (κ3) is 2.49. The maximum atomic E-state index is 12.0. The molecular weight excluding hydrogens is 240 g/mol. The quantitative estimate of drug-likeness (QED) is 0.899. The fraction of sp³-hybridized carbons (Fsp3) is 0.417. The molecular formula is C12H16O4S. The molecule has 0 saturated heterocycles. The van der Waals surface area contributed by atoms with Crippen molar-refractivity contribution in [2.75, 3.05) is 0 Å². The van der Waals surface area contributed by atoms with Crippen LogP contribution < -0.4 is 0 Å². The van der Waals surface area contributed by atoms with Crippen LogP contribution in [0.5, 0.6) is 0 Å². The smallest absolute Gasteiger partial charge is 0.335 e. The van der Waals surface area contributed by atoms with Crippen LogP contribution in [0.2, 0.25) is 0 Å². The normalized spacial score (nSPS) is 11.8. The monoisotopic (exact) mass is 256 g/mol. The van der Waals surface area contributed by atoms with Crippen molar-refractivity contribution in [2.24, 2.45) is 0 Å². The zero-order valence-corrected chi connectivity index (χ0v) is 11.1. The van der Waals surface area contributed by atoms with Crippen LogP contribution in [0.4, 0.5) is 0 Å². The Balaban J connectivity index is 3.57. The maximum Gasteiger partial charge on any atom is 0.335 e. The van der Waals surface area contributed by atoms with Crippen LogP contribution in [-0.2, 0) is 9.84 Å². The Labute approximate surface area is 101 Å². The third-order valence-electron chi connectivity index (χ3n) is 2.68. The van der Waals surface area contributed by atoms with E-state index in [-0.39, 0.29) is 10.5 Å². The minimum Gasteiger partial charge on any atom is -0.478 e. The van der Waals surface area contributed by atoms with E-state index in [0.717, 1.165) is 0 Å². The van der Waals surface area contributed by atoms with Gasteiger partial charge in [-0.15, -0.1) is 0 Å². The van der Waals surface area contributed by atoms with Gasteiger partial charge in [-0.05, 0) is 44.9 Å². The van der Waals surface area contributed by atoms with Crippen molar-refractivity contribution in [3.05, 3.63) is 28.8 Å². The summed E-state index contributed by atoms with van der Waals surface area (Å²) in [5.41, 5.74) is 1.19. The van der Waals surface area contributed by atoms with Crippen molar-refractivity contribution in [1.29, 1.82) is 0 Å². The lowest BCUT2D eigenvalue weighted by Gasteiger charge is -2.13. The predicted octanol–water partition coefficient (Wildman–Crippen LogP) is 2.18. The van der Waals surface area contributed by atoms with Gasteiger partial charge in [-0.25, -0.2) is 13.2 Å². The first-order chi connectivity index (χ1) is 7.67. The molecule has 0 aliphatic heterocycles. The fourth-order valence-electron chi connectivity index (χ4n) is 1.62. The molecule has 0 amide bonds. The summed E-state index contributed by atoms with van der Waals surface area (Å²) in [6.07, 6.45) is 0. The number of carbonyl (C=O) groups is 1. The van der Waals surface area contributed by atoms with E-state index in [1.807, 2.05) is 0 Å². The summed E-state index contributed by atoms with van der Waals surface area (Å²) in [6, 6.07) is 2.85. The average Bonchev–Trinajstić information content (AvgIpc) is 2.15. The molecule has 0 bridgehead atoms. The van der Waals surface area contributed by atoms with E-state index in [1.54, 1.807) is 33.8 Å². The molecule has 0 saturated carbocycles. The molecule has 0 unspecified atom stereocenters. The summed E-state index contributed by atoms with van der Waals surface area (Å²) >= 11 is 0. The maximum absolute atomic E-state index is 12.0. The Morgan fingerprint density at radius 1 is 1.18 bits per heavy atom. The lowest BCUT2D eigenvalue weighted by atomic mass is 10.1. The number of aryl methyl sites for hydroxylation is 2. The first-order valence-corrected chi connectivity index (χ1v) is 6.81. The van der Waals surface area contributed by atoms with Gasteiger partial charge in [0, 0.05) is 0 Å². The third-order valence-corrected chi connectivity index (χ3v) is 4.97. The zero-order valence-electron chi connectivity index (χ0n) is 10.3. The van der Waals surface area contributed by atoms with Gasteiger partial charge in [0.1, 0.15) is 0 Å². The predicted molar refractivity (Wildman–Crippen MR) is 65.2 cm³/mol. The summed E-state index contributed by atoms with van der Waals surface area (Å²) in [5.74, 6) is -1.11. The topological polar surface area (TPSA) is 71.4 Å². The van der Waals surface area contributed by atoms with Gasteiger partial charge < -0.3 is 5.11 Å². The molecule has 0 aliphatic rings. The molecule has 0 heterocycles. The highest BCUT2D eigenvalue weighted by Gasteiger charge is 2.23. The highest BCUT2D eigenvalue weighted by atomic mass is 32.2. The van der Waals surface area contributed by atoms with Crippen molar-refractivity contribution in [2.45, 2.75) is 37.8 Å². The molecule has 94 valence electrons. The average molecular weight is 256 g/mol. The molecule has 0 atom stereocenters. The zero-order chi connectivity index (χ0) is 13.4. The Kier molecular flexibility index (Phi) is 3.62. The first kappa shape index (κ1) is 13.7. The molecule has 5 heteroatoms. The van der Waals surface area contributed by atoms with Crippen molar-refractivity contribution in [1.82, 2.24) is 0 Å². The van der Waals surface area contributed by atoms with Crippen LogP contribution in [0.15, 0.2) is 17.0 Å². The Bertz CT molecular complexity index is 556. The Morgan fingerprint density at radius 3 is 2.12 bits per heavy atom. The first-order valence-electron chi connectivity index (χ1n) is 5.26. The molecule has 0 spiro atoms. The van der Waals surface area contributed by atoms with E-state index in [0.29, 0.717) is 11.1 Å². The van der Waals surface area contributed by atoms with Crippen LogP contribution in [-0.4, -0.2) is 24.7 Å². The van der Waals surface area contributed by atoms with E-state index in [4.69, 9.17) is 5.11 Å². The summed E-state index contributed by atoms with van der Waals surface area (Å²) in [6.45, 7) is 6.49. The van der Waals surface area contributed by atoms with Crippen molar-refractivity contribution in [3.8, 4) is 0 Å². The summed E-state index contributed by atoms with van der Waals surface area (Å²) in [7, 11) is -3.44. The molecule has 17 heavy (non-hydrogen) atoms. The van der Waals surface area contributed by atoms with E-state index in [9.17, 15) is 13.2 Å². The van der Waals surface area contributed by atoms with Gasteiger partial charge in [0.2, 0.25) is 0 Å². The van der Waals surface area contributed by atoms with Crippen molar-refractivity contribution < 1.29 is 18.3 Å². The van der Waals surface area contributed by atoms with Gasteiger partial charge >= 0.3 is 5.97 Å². The molecule has 0 radical (unpaired) electrons. The van der Waals surface area contributed by atoms with E-state index in [1.165, 1.54) is 6.07 Å². The molecule has 1 rings (SSSR count). The van der Waals surface area contributed by atoms with E-state index >= 15 is 0 Å². The highest BCUT2D eigenvalue weighted by Crippen LogP contribution is 2.24. The van der Waals surface area contributed by atoms with Crippen molar-refractivity contribution in [3.63, 3.8) is 0 Å². The molecule has 4 nitrogen and oxygen atoms in total.